The molecule has 0 spiro atoms. The minimum atomic E-state index is 0.534. The van der Waals surface area contributed by atoms with Gasteiger partial charge in [0.25, 0.3) is 0 Å². The normalized spacial score (nSPS) is 26.7. The summed E-state index contributed by atoms with van der Waals surface area (Å²) < 4.78 is 0. The van der Waals surface area contributed by atoms with Gasteiger partial charge in [-0.2, -0.15) is 0 Å². The first-order chi connectivity index (χ1) is 16.8. The third-order valence-corrected chi connectivity index (χ3v) is 8.85. The number of piperazine rings is 1. The Balaban J connectivity index is 0.978. The van der Waals surface area contributed by atoms with Gasteiger partial charge in [0.2, 0.25) is 0 Å². The Morgan fingerprint density at radius 3 is 3.00 bits per heavy atom. The summed E-state index contributed by atoms with van der Waals surface area (Å²) in [4.78, 5) is 10.0. The van der Waals surface area contributed by atoms with E-state index in [4.69, 9.17) is 0 Å². The van der Waals surface area contributed by atoms with E-state index in [1.807, 2.05) is 6.20 Å². The van der Waals surface area contributed by atoms with Crippen LogP contribution in [0, 0.1) is 5.92 Å². The topological polar surface area (TPSA) is 43.4 Å². The third kappa shape index (κ3) is 4.89. The summed E-state index contributed by atoms with van der Waals surface area (Å²) >= 11 is 0. The van der Waals surface area contributed by atoms with Gasteiger partial charge in [-0.3, -0.25) is 9.88 Å². The summed E-state index contributed by atoms with van der Waals surface area (Å²) in [5.74, 6) is 0.812. The Bertz CT molecular complexity index is 975. The summed E-state index contributed by atoms with van der Waals surface area (Å²) in [6, 6.07) is 12.6. The summed E-state index contributed by atoms with van der Waals surface area (Å²) in [6.07, 6.45) is 12.2. The Hall–Kier alpha value is -1.95. The second-order valence-electron chi connectivity index (χ2n) is 11.0. The van der Waals surface area contributed by atoms with E-state index in [0.29, 0.717) is 6.04 Å². The number of hydrogen-bond acceptors (Lipinski definition) is 5. The van der Waals surface area contributed by atoms with Crippen molar-refractivity contribution in [1.82, 2.24) is 20.5 Å². The maximum absolute atomic E-state index is 4.62. The minimum Gasteiger partial charge on any atom is -0.368 e. The van der Waals surface area contributed by atoms with Gasteiger partial charge in [-0.05, 0) is 99.2 Å². The van der Waals surface area contributed by atoms with Crippen LogP contribution in [0.2, 0.25) is 0 Å². The van der Waals surface area contributed by atoms with Gasteiger partial charge in [-0.1, -0.05) is 18.2 Å². The molecule has 3 atom stereocenters. The highest BCUT2D eigenvalue weighted by atomic mass is 15.3. The van der Waals surface area contributed by atoms with Crippen molar-refractivity contribution in [2.45, 2.75) is 70.0 Å². The van der Waals surface area contributed by atoms with Crippen molar-refractivity contribution < 1.29 is 0 Å². The van der Waals surface area contributed by atoms with E-state index in [1.165, 1.54) is 93.6 Å². The Morgan fingerprint density at radius 2 is 2.00 bits per heavy atom. The van der Waals surface area contributed by atoms with Crippen molar-refractivity contribution in [3.8, 4) is 0 Å². The molecule has 0 bridgehead atoms. The number of aromatic nitrogens is 1. The molecular weight excluding hydrogens is 418 g/mol. The number of benzene rings is 1. The van der Waals surface area contributed by atoms with E-state index >= 15 is 0 Å². The lowest BCUT2D eigenvalue weighted by Gasteiger charge is -2.41. The lowest BCUT2D eigenvalue weighted by molar-refractivity contribution is 0.230. The van der Waals surface area contributed by atoms with E-state index in [0.717, 1.165) is 38.0 Å². The molecule has 2 N–H and O–H groups in total. The number of pyridine rings is 1. The van der Waals surface area contributed by atoms with Crippen molar-refractivity contribution in [2.24, 2.45) is 5.92 Å². The zero-order chi connectivity index (χ0) is 22.7. The van der Waals surface area contributed by atoms with E-state index in [2.05, 4.69) is 55.7 Å². The van der Waals surface area contributed by atoms with Crippen LogP contribution in [0.25, 0.3) is 0 Å². The first-order valence-corrected chi connectivity index (χ1v) is 13.8. The smallest absolute Gasteiger partial charge is 0.0438 e. The average Bonchev–Trinajstić information content (AvgIpc) is 3.36. The van der Waals surface area contributed by atoms with Gasteiger partial charge in [-0.25, -0.2) is 0 Å². The van der Waals surface area contributed by atoms with Crippen LogP contribution in [-0.2, 0) is 25.8 Å². The summed E-state index contributed by atoms with van der Waals surface area (Å²) in [5, 5.41) is 7.57. The Kier molecular flexibility index (Phi) is 6.85. The first kappa shape index (κ1) is 22.5. The molecule has 0 saturated carbocycles. The fraction of sp³-hybridized carbons (Fsp3) is 0.621. The molecule has 6 rings (SSSR count). The van der Waals surface area contributed by atoms with Crippen LogP contribution in [0.5, 0.6) is 0 Å². The molecule has 1 aliphatic carbocycles. The largest absolute Gasteiger partial charge is 0.368 e. The standard InChI is InChI=1S/C29H41N5/c1-6-24-19-32-25(18-27(24)29(9-1)34-16-15-33-14-4-8-26(33)21-34)20-30-12-2-5-22-10-11-23-7-3-13-31-28(23)17-22/h1,3,6-7,9,13,22,25-26,30,32H,2,4-5,8,10-12,14-21H2. The quantitative estimate of drug-likeness (QED) is 0.620. The van der Waals surface area contributed by atoms with E-state index in [9.17, 15) is 0 Å². The molecule has 5 heteroatoms. The lowest BCUT2D eigenvalue weighted by atomic mass is 9.84. The summed E-state index contributed by atoms with van der Waals surface area (Å²) in [5.41, 5.74) is 7.45. The molecule has 3 aliphatic heterocycles. The highest BCUT2D eigenvalue weighted by Crippen LogP contribution is 2.32. The van der Waals surface area contributed by atoms with Crippen LogP contribution < -0.4 is 15.5 Å². The molecule has 2 saturated heterocycles. The third-order valence-electron chi connectivity index (χ3n) is 8.85. The van der Waals surface area contributed by atoms with Crippen molar-refractivity contribution >= 4 is 5.69 Å². The van der Waals surface area contributed by atoms with Crippen molar-refractivity contribution in [1.29, 1.82) is 0 Å². The maximum Gasteiger partial charge on any atom is 0.0438 e. The van der Waals surface area contributed by atoms with Gasteiger partial charge in [0.15, 0.2) is 0 Å². The first-order valence-electron chi connectivity index (χ1n) is 13.8. The number of rotatable bonds is 7. The molecule has 0 radical (unpaired) electrons. The number of aryl methyl sites for hydroxylation is 1. The number of anilines is 1. The second-order valence-corrected chi connectivity index (χ2v) is 11.0. The number of fused-ring (bicyclic) bond motifs is 3. The van der Waals surface area contributed by atoms with E-state index < -0.39 is 0 Å². The zero-order valence-corrected chi connectivity index (χ0v) is 20.6. The second kappa shape index (κ2) is 10.3. The molecule has 182 valence electrons. The van der Waals surface area contributed by atoms with Gasteiger partial charge in [0.1, 0.15) is 0 Å². The molecule has 4 heterocycles. The molecule has 4 aliphatic rings. The van der Waals surface area contributed by atoms with Crippen LogP contribution in [-0.4, -0.2) is 61.2 Å². The molecule has 3 unspecified atom stereocenters. The van der Waals surface area contributed by atoms with Gasteiger partial charge in [0.05, 0.1) is 0 Å². The number of nitrogens with zero attached hydrogens (tertiary/aromatic N) is 3. The summed E-state index contributed by atoms with van der Waals surface area (Å²) in [7, 11) is 0. The molecule has 0 amide bonds. The fourth-order valence-corrected chi connectivity index (χ4v) is 6.90. The predicted molar refractivity (Wildman–Crippen MR) is 139 cm³/mol. The molecule has 1 aromatic heterocycles. The highest BCUT2D eigenvalue weighted by Gasteiger charge is 2.32. The van der Waals surface area contributed by atoms with Crippen LogP contribution in [0.4, 0.5) is 5.69 Å². The Labute approximate surface area is 205 Å². The highest BCUT2D eigenvalue weighted by molar-refractivity contribution is 5.58. The lowest BCUT2D eigenvalue weighted by Crippen LogP contribution is -2.51. The molecule has 2 aromatic rings. The molecular formula is C29H41N5. The van der Waals surface area contributed by atoms with Gasteiger partial charge < -0.3 is 15.5 Å². The predicted octanol–water partition coefficient (Wildman–Crippen LogP) is 3.56. The fourth-order valence-electron chi connectivity index (χ4n) is 6.90. The SMILES string of the molecule is c1cnc2c(c1)CCC(CCCNCC1Cc3c(cccc3N3CCN4CCCC4C3)CN1)C2. The monoisotopic (exact) mass is 459 g/mol. The van der Waals surface area contributed by atoms with Crippen LogP contribution in [0.15, 0.2) is 36.5 Å². The number of nitrogens with one attached hydrogen (secondary N) is 2. The van der Waals surface area contributed by atoms with Gasteiger partial charge in [0, 0.05) is 62.4 Å². The molecule has 1 aromatic carbocycles. The molecule has 2 fully saturated rings. The van der Waals surface area contributed by atoms with E-state index in [1.54, 1.807) is 5.56 Å². The number of hydrogen-bond donors (Lipinski definition) is 2. The van der Waals surface area contributed by atoms with Gasteiger partial charge >= 0.3 is 0 Å². The summed E-state index contributed by atoms with van der Waals surface area (Å²) in [6.45, 7) is 8.15. The van der Waals surface area contributed by atoms with E-state index in [-0.39, 0.29) is 0 Å². The van der Waals surface area contributed by atoms with Crippen molar-refractivity contribution in [2.75, 3.05) is 44.2 Å². The van der Waals surface area contributed by atoms with Crippen molar-refractivity contribution in [3.63, 3.8) is 0 Å². The minimum absolute atomic E-state index is 0.534. The average molecular weight is 460 g/mol. The van der Waals surface area contributed by atoms with Gasteiger partial charge in [-0.15, -0.1) is 0 Å². The molecule has 34 heavy (non-hydrogen) atoms. The zero-order valence-electron chi connectivity index (χ0n) is 20.6. The van der Waals surface area contributed by atoms with Crippen LogP contribution in [0.1, 0.15) is 54.5 Å². The Morgan fingerprint density at radius 1 is 1.03 bits per heavy atom. The van der Waals surface area contributed by atoms with Crippen molar-refractivity contribution in [3.05, 3.63) is 58.9 Å². The van der Waals surface area contributed by atoms with Crippen LogP contribution in [0.3, 0.4) is 0 Å². The molecule has 5 nitrogen and oxygen atoms in total. The maximum atomic E-state index is 4.62. The van der Waals surface area contributed by atoms with Crippen LogP contribution >= 0.6 is 0 Å².